The van der Waals surface area contributed by atoms with Crippen molar-refractivity contribution in [2.24, 2.45) is 5.92 Å². The predicted molar refractivity (Wildman–Crippen MR) is 59.9 cm³/mol. The zero-order valence-electron chi connectivity index (χ0n) is 9.65. The molecule has 0 aliphatic carbocycles. The van der Waals surface area contributed by atoms with Crippen molar-refractivity contribution < 1.29 is 4.74 Å². The molecule has 1 saturated heterocycles. The monoisotopic (exact) mass is 208 g/mol. The van der Waals surface area contributed by atoms with Crippen LogP contribution < -0.4 is 0 Å². The van der Waals surface area contributed by atoms with Crippen molar-refractivity contribution >= 4 is 0 Å². The van der Waals surface area contributed by atoms with E-state index >= 15 is 0 Å². The number of ether oxygens (including phenoxy) is 1. The average Bonchev–Trinajstić information content (AvgIpc) is 2.68. The maximum absolute atomic E-state index is 5.35. The molecule has 1 aliphatic heterocycles. The van der Waals surface area contributed by atoms with Gasteiger partial charge in [0.1, 0.15) is 0 Å². The zero-order chi connectivity index (χ0) is 10.7. The van der Waals surface area contributed by atoms with Crippen LogP contribution in [-0.4, -0.2) is 23.0 Å². The molecular formula is C12H20N2O. The standard InChI is InChI=1S/C12H20N2O/c1-10(2)12-7-13-14(9-12)8-11-3-5-15-6-4-11/h7,9-11H,3-6,8H2,1-2H3. The topological polar surface area (TPSA) is 27.1 Å². The Bertz CT molecular complexity index is 300. The fraction of sp³-hybridized carbons (Fsp3) is 0.750. The molecule has 0 radical (unpaired) electrons. The Labute approximate surface area is 91.4 Å². The molecule has 0 bridgehead atoms. The van der Waals surface area contributed by atoms with E-state index in [1.165, 1.54) is 18.4 Å². The van der Waals surface area contributed by atoms with Crippen LogP contribution in [0.15, 0.2) is 12.4 Å². The van der Waals surface area contributed by atoms with Crippen LogP contribution in [-0.2, 0) is 11.3 Å². The quantitative estimate of drug-likeness (QED) is 0.763. The molecule has 0 aromatic carbocycles. The molecule has 0 N–H and O–H groups in total. The number of rotatable bonds is 3. The number of aromatic nitrogens is 2. The van der Waals surface area contributed by atoms with Gasteiger partial charge in [0.05, 0.1) is 6.20 Å². The van der Waals surface area contributed by atoms with Crippen LogP contribution in [0.4, 0.5) is 0 Å². The van der Waals surface area contributed by atoms with E-state index in [2.05, 4.69) is 29.8 Å². The van der Waals surface area contributed by atoms with E-state index in [4.69, 9.17) is 4.74 Å². The summed E-state index contributed by atoms with van der Waals surface area (Å²) in [6, 6.07) is 0. The van der Waals surface area contributed by atoms with Crippen molar-refractivity contribution in [1.82, 2.24) is 9.78 Å². The van der Waals surface area contributed by atoms with Crippen molar-refractivity contribution in [3.63, 3.8) is 0 Å². The summed E-state index contributed by atoms with van der Waals surface area (Å²) >= 11 is 0. The van der Waals surface area contributed by atoms with Crippen molar-refractivity contribution in [3.05, 3.63) is 18.0 Å². The van der Waals surface area contributed by atoms with E-state index in [9.17, 15) is 0 Å². The van der Waals surface area contributed by atoms with E-state index in [1.807, 2.05) is 6.20 Å². The van der Waals surface area contributed by atoms with Gasteiger partial charge in [0, 0.05) is 26.0 Å². The molecular weight excluding hydrogens is 188 g/mol. The Balaban J connectivity index is 1.91. The summed E-state index contributed by atoms with van der Waals surface area (Å²) in [5, 5.41) is 4.41. The number of hydrogen-bond donors (Lipinski definition) is 0. The van der Waals surface area contributed by atoms with Crippen molar-refractivity contribution in [2.45, 2.75) is 39.2 Å². The van der Waals surface area contributed by atoms with Gasteiger partial charge in [-0.05, 0) is 30.2 Å². The maximum Gasteiger partial charge on any atom is 0.0524 e. The third kappa shape index (κ3) is 2.81. The molecule has 2 rings (SSSR count). The van der Waals surface area contributed by atoms with Gasteiger partial charge in [-0.3, -0.25) is 4.68 Å². The second-order valence-corrected chi connectivity index (χ2v) is 4.71. The number of nitrogens with zero attached hydrogens (tertiary/aromatic N) is 2. The van der Waals surface area contributed by atoms with Gasteiger partial charge in [0.25, 0.3) is 0 Å². The molecule has 0 amide bonds. The minimum atomic E-state index is 0.577. The van der Waals surface area contributed by atoms with E-state index in [-0.39, 0.29) is 0 Å². The fourth-order valence-corrected chi connectivity index (χ4v) is 1.97. The summed E-state index contributed by atoms with van der Waals surface area (Å²) in [4.78, 5) is 0. The first-order valence-electron chi connectivity index (χ1n) is 5.86. The summed E-state index contributed by atoms with van der Waals surface area (Å²) in [7, 11) is 0. The van der Waals surface area contributed by atoms with E-state index in [1.54, 1.807) is 0 Å². The fourth-order valence-electron chi connectivity index (χ4n) is 1.97. The van der Waals surface area contributed by atoms with E-state index in [0.29, 0.717) is 5.92 Å². The van der Waals surface area contributed by atoms with Crippen LogP contribution >= 0.6 is 0 Å². The van der Waals surface area contributed by atoms with Crippen LogP contribution in [0.25, 0.3) is 0 Å². The van der Waals surface area contributed by atoms with Crippen molar-refractivity contribution in [2.75, 3.05) is 13.2 Å². The lowest BCUT2D eigenvalue weighted by molar-refractivity contribution is 0.0601. The molecule has 3 nitrogen and oxygen atoms in total. The van der Waals surface area contributed by atoms with Crippen LogP contribution in [0.5, 0.6) is 0 Å². The SMILES string of the molecule is CC(C)c1cnn(CC2CCOCC2)c1. The van der Waals surface area contributed by atoms with Gasteiger partial charge in [0.15, 0.2) is 0 Å². The minimum absolute atomic E-state index is 0.577. The van der Waals surface area contributed by atoms with Gasteiger partial charge in [-0.15, -0.1) is 0 Å². The molecule has 2 heterocycles. The highest BCUT2D eigenvalue weighted by Gasteiger charge is 2.14. The minimum Gasteiger partial charge on any atom is -0.381 e. The first-order chi connectivity index (χ1) is 7.25. The van der Waals surface area contributed by atoms with Gasteiger partial charge in [-0.2, -0.15) is 5.10 Å². The Hall–Kier alpha value is -0.830. The number of hydrogen-bond acceptors (Lipinski definition) is 2. The molecule has 84 valence electrons. The van der Waals surface area contributed by atoms with Gasteiger partial charge >= 0.3 is 0 Å². The third-order valence-electron chi connectivity index (χ3n) is 3.11. The molecule has 0 saturated carbocycles. The van der Waals surface area contributed by atoms with E-state index in [0.717, 1.165) is 25.7 Å². The Morgan fingerprint density at radius 3 is 2.80 bits per heavy atom. The van der Waals surface area contributed by atoms with Gasteiger partial charge in [-0.1, -0.05) is 13.8 Å². The first kappa shape index (κ1) is 10.7. The van der Waals surface area contributed by atoms with Gasteiger partial charge < -0.3 is 4.74 Å². The summed E-state index contributed by atoms with van der Waals surface area (Å²) < 4.78 is 7.44. The molecule has 0 unspecified atom stereocenters. The van der Waals surface area contributed by atoms with Gasteiger partial charge in [0.2, 0.25) is 0 Å². The van der Waals surface area contributed by atoms with Crippen LogP contribution in [0.1, 0.15) is 38.2 Å². The lowest BCUT2D eigenvalue weighted by atomic mass is 10.0. The Morgan fingerprint density at radius 1 is 1.47 bits per heavy atom. The molecule has 1 aromatic heterocycles. The van der Waals surface area contributed by atoms with E-state index < -0.39 is 0 Å². The van der Waals surface area contributed by atoms with Crippen molar-refractivity contribution in [3.8, 4) is 0 Å². The first-order valence-corrected chi connectivity index (χ1v) is 5.86. The molecule has 0 spiro atoms. The summed E-state index contributed by atoms with van der Waals surface area (Å²) in [6.07, 6.45) is 6.53. The van der Waals surface area contributed by atoms with Crippen LogP contribution in [0.2, 0.25) is 0 Å². The predicted octanol–water partition coefficient (Wildman–Crippen LogP) is 2.43. The Kier molecular flexibility index (Phi) is 3.41. The lowest BCUT2D eigenvalue weighted by Crippen LogP contribution is -2.20. The molecule has 0 atom stereocenters. The maximum atomic E-state index is 5.35. The highest BCUT2D eigenvalue weighted by Crippen LogP contribution is 2.18. The largest absolute Gasteiger partial charge is 0.381 e. The summed E-state index contributed by atoms with van der Waals surface area (Å²) in [5.41, 5.74) is 1.34. The second kappa shape index (κ2) is 4.79. The normalized spacial score (nSPS) is 18.6. The second-order valence-electron chi connectivity index (χ2n) is 4.71. The molecule has 3 heteroatoms. The average molecular weight is 208 g/mol. The van der Waals surface area contributed by atoms with Crippen LogP contribution in [0.3, 0.4) is 0 Å². The summed E-state index contributed by atoms with van der Waals surface area (Å²) in [5.74, 6) is 1.33. The zero-order valence-corrected chi connectivity index (χ0v) is 9.65. The molecule has 1 fully saturated rings. The molecule has 1 aliphatic rings. The van der Waals surface area contributed by atoms with Crippen molar-refractivity contribution in [1.29, 1.82) is 0 Å². The summed E-state index contributed by atoms with van der Waals surface area (Å²) in [6.45, 7) is 7.30. The Morgan fingerprint density at radius 2 is 2.20 bits per heavy atom. The third-order valence-corrected chi connectivity index (χ3v) is 3.11. The highest BCUT2D eigenvalue weighted by atomic mass is 16.5. The molecule has 15 heavy (non-hydrogen) atoms. The smallest absolute Gasteiger partial charge is 0.0524 e. The highest BCUT2D eigenvalue weighted by molar-refractivity contribution is 5.08. The molecule has 1 aromatic rings. The van der Waals surface area contributed by atoms with Crippen LogP contribution in [0, 0.1) is 5.92 Å². The van der Waals surface area contributed by atoms with Gasteiger partial charge in [-0.25, -0.2) is 0 Å². The lowest BCUT2D eigenvalue weighted by Gasteiger charge is -2.21.